The van der Waals surface area contributed by atoms with Crippen LogP contribution in [0.25, 0.3) is 0 Å². The zero-order valence-corrected chi connectivity index (χ0v) is 9.64. The Hall–Kier alpha value is -0.240. The van der Waals surface area contributed by atoms with Gasteiger partial charge in [-0.15, -0.1) is 0 Å². The maximum absolute atomic E-state index is 8.73. The Morgan fingerprint density at radius 3 is 2.93 bits per heavy atom. The van der Waals surface area contributed by atoms with E-state index in [9.17, 15) is 0 Å². The van der Waals surface area contributed by atoms with Crippen molar-refractivity contribution >= 4 is 11.8 Å². The maximum atomic E-state index is 8.73. The van der Waals surface area contributed by atoms with Crippen molar-refractivity contribution in [1.82, 2.24) is 0 Å². The summed E-state index contributed by atoms with van der Waals surface area (Å²) >= 11 is 1.88. The van der Waals surface area contributed by atoms with Crippen LogP contribution in [-0.2, 0) is 4.74 Å². The molecule has 3 atom stereocenters. The first-order valence-corrected chi connectivity index (χ1v) is 6.03. The molecule has 3 nitrogen and oxygen atoms in total. The van der Waals surface area contributed by atoms with Crippen molar-refractivity contribution in [3.63, 3.8) is 0 Å². The zero-order valence-electron chi connectivity index (χ0n) is 8.82. The van der Waals surface area contributed by atoms with E-state index in [2.05, 4.69) is 13.0 Å². The topological polar surface area (TPSA) is 59.0 Å². The average Bonchev–Trinajstić information content (AvgIpc) is 2.52. The molecule has 4 heteroatoms. The van der Waals surface area contributed by atoms with Gasteiger partial charge in [0.15, 0.2) is 0 Å². The summed E-state index contributed by atoms with van der Waals surface area (Å²) in [6.07, 6.45) is 2.22. The zero-order chi connectivity index (χ0) is 10.6. The van der Waals surface area contributed by atoms with Crippen LogP contribution in [0.15, 0.2) is 0 Å². The molecule has 1 aliphatic rings. The Labute approximate surface area is 90.0 Å². The van der Waals surface area contributed by atoms with E-state index < -0.39 is 5.54 Å². The minimum Gasteiger partial charge on any atom is -0.377 e. The van der Waals surface area contributed by atoms with Crippen LogP contribution >= 0.6 is 11.8 Å². The molecule has 1 heterocycles. The highest BCUT2D eigenvalue weighted by Crippen LogP contribution is 2.27. The Morgan fingerprint density at radius 1 is 1.71 bits per heavy atom. The lowest BCUT2D eigenvalue weighted by Gasteiger charge is -2.17. The van der Waals surface area contributed by atoms with Gasteiger partial charge in [-0.05, 0) is 32.4 Å². The number of nitrogens with two attached hydrogens (primary N) is 1. The second-order valence-corrected chi connectivity index (χ2v) is 5.40. The molecule has 0 aliphatic carbocycles. The van der Waals surface area contributed by atoms with E-state index in [-0.39, 0.29) is 0 Å². The first-order chi connectivity index (χ1) is 6.55. The van der Waals surface area contributed by atoms with E-state index in [1.807, 2.05) is 11.8 Å². The van der Waals surface area contributed by atoms with Gasteiger partial charge >= 0.3 is 0 Å². The predicted octanol–water partition coefficient (Wildman–Crippen LogP) is 1.53. The second-order valence-electron chi connectivity index (χ2n) is 4.05. The largest absolute Gasteiger partial charge is 0.377 e. The SMILES string of the molecule is CC1OCCC1SCCC(C)(N)C#N. The second kappa shape index (κ2) is 5.01. The van der Waals surface area contributed by atoms with Crippen LogP contribution in [-0.4, -0.2) is 29.3 Å². The van der Waals surface area contributed by atoms with Crippen LogP contribution in [0, 0.1) is 11.3 Å². The molecule has 1 fully saturated rings. The van der Waals surface area contributed by atoms with E-state index in [4.69, 9.17) is 15.7 Å². The summed E-state index contributed by atoms with van der Waals surface area (Å²) < 4.78 is 5.46. The molecule has 2 N–H and O–H groups in total. The maximum Gasteiger partial charge on any atom is 0.102 e. The summed E-state index contributed by atoms with van der Waals surface area (Å²) in [5.74, 6) is 0.943. The number of rotatable bonds is 4. The molecule has 14 heavy (non-hydrogen) atoms. The van der Waals surface area contributed by atoms with Crippen molar-refractivity contribution in [3.8, 4) is 6.07 Å². The number of nitriles is 1. The summed E-state index contributed by atoms with van der Waals surface area (Å²) in [6, 6.07) is 2.11. The van der Waals surface area contributed by atoms with E-state index >= 15 is 0 Å². The average molecular weight is 214 g/mol. The molecule has 0 radical (unpaired) electrons. The third-order valence-electron chi connectivity index (χ3n) is 2.52. The Balaban J connectivity index is 2.19. The van der Waals surface area contributed by atoms with Gasteiger partial charge in [0.25, 0.3) is 0 Å². The van der Waals surface area contributed by atoms with Gasteiger partial charge in [0.2, 0.25) is 0 Å². The van der Waals surface area contributed by atoms with E-state index in [0.29, 0.717) is 11.4 Å². The van der Waals surface area contributed by atoms with Crippen LogP contribution in [0.5, 0.6) is 0 Å². The fraction of sp³-hybridized carbons (Fsp3) is 0.900. The predicted molar refractivity (Wildman–Crippen MR) is 59.1 cm³/mol. The normalized spacial score (nSPS) is 31.0. The standard InChI is InChI=1S/C10H18N2OS/c1-8-9(3-5-13-8)14-6-4-10(2,12)7-11/h8-9H,3-6,12H2,1-2H3. The molecule has 0 aromatic heterocycles. The number of hydrogen-bond donors (Lipinski definition) is 1. The number of hydrogen-bond acceptors (Lipinski definition) is 4. The van der Waals surface area contributed by atoms with Crippen LogP contribution in [0.3, 0.4) is 0 Å². The van der Waals surface area contributed by atoms with Gasteiger partial charge in [-0.3, -0.25) is 0 Å². The lowest BCUT2D eigenvalue weighted by atomic mass is 10.0. The van der Waals surface area contributed by atoms with Gasteiger partial charge < -0.3 is 10.5 Å². The summed E-state index contributed by atoms with van der Waals surface area (Å²) in [4.78, 5) is 0. The monoisotopic (exact) mass is 214 g/mol. The van der Waals surface area contributed by atoms with E-state index in [1.54, 1.807) is 6.92 Å². The molecular weight excluding hydrogens is 196 g/mol. The van der Waals surface area contributed by atoms with Gasteiger partial charge in [0, 0.05) is 11.9 Å². The fourth-order valence-corrected chi connectivity index (χ4v) is 2.87. The molecule has 0 aromatic carbocycles. The molecule has 0 aromatic rings. The van der Waals surface area contributed by atoms with Crippen molar-refractivity contribution in [2.24, 2.45) is 5.73 Å². The van der Waals surface area contributed by atoms with Crippen molar-refractivity contribution in [2.75, 3.05) is 12.4 Å². The Morgan fingerprint density at radius 2 is 2.43 bits per heavy atom. The minimum absolute atomic E-state index is 0.353. The van der Waals surface area contributed by atoms with E-state index in [1.165, 1.54) is 0 Å². The quantitative estimate of drug-likeness (QED) is 0.771. The van der Waals surface area contributed by atoms with Gasteiger partial charge in [-0.25, -0.2) is 0 Å². The number of nitrogens with zero attached hydrogens (tertiary/aromatic N) is 1. The van der Waals surface area contributed by atoms with Crippen molar-refractivity contribution < 1.29 is 4.74 Å². The molecule has 0 amide bonds. The first-order valence-electron chi connectivity index (χ1n) is 4.98. The summed E-state index contributed by atoms with van der Waals surface area (Å²) in [6.45, 7) is 4.76. The molecule has 1 rings (SSSR count). The van der Waals surface area contributed by atoms with Crippen LogP contribution in [0.1, 0.15) is 26.7 Å². The third-order valence-corrected chi connectivity index (χ3v) is 4.00. The highest BCUT2D eigenvalue weighted by atomic mass is 32.2. The van der Waals surface area contributed by atoms with Gasteiger partial charge in [-0.1, -0.05) is 0 Å². The minimum atomic E-state index is -0.671. The van der Waals surface area contributed by atoms with Crippen molar-refractivity contribution in [2.45, 2.75) is 43.6 Å². The van der Waals surface area contributed by atoms with E-state index in [0.717, 1.165) is 25.2 Å². The molecule has 0 bridgehead atoms. The van der Waals surface area contributed by atoms with Crippen LogP contribution < -0.4 is 5.73 Å². The molecular formula is C10H18N2OS. The highest BCUT2D eigenvalue weighted by molar-refractivity contribution is 7.99. The molecule has 0 spiro atoms. The lowest BCUT2D eigenvalue weighted by molar-refractivity contribution is 0.127. The molecule has 0 saturated carbocycles. The van der Waals surface area contributed by atoms with Crippen molar-refractivity contribution in [3.05, 3.63) is 0 Å². The number of thioether (sulfide) groups is 1. The molecule has 3 unspecified atom stereocenters. The molecule has 1 aliphatic heterocycles. The van der Waals surface area contributed by atoms with Gasteiger partial charge in [0.1, 0.15) is 5.54 Å². The Bertz CT molecular complexity index is 225. The van der Waals surface area contributed by atoms with Crippen molar-refractivity contribution in [1.29, 1.82) is 5.26 Å². The summed E-state index contributed by atoms with van der Waals surface area (Å²) in [5, 5.41) is 9.32. The molecule has 1 saturated heterocycles. The fourth-order valence-electron chi connectivity index (χ4n) is 1.41. The highest BCUT2D eigenvalue weighted by Gasteiger charge is 2.25. The Kier molecular flexibility index (Phi) is 4.24. The van der Waals surface area contributed by atoms with Gasteiger partial charge in [-0.2, -0.15) is 17.0 Å². The summed E-state index contributed by atoms with van der Waals surface area (Å²) in [5.41, 5.74) is 5.06. The van der Waals surface area contributed by atoms with Crippen LogP contribution in [0.2, 0.25) is 0 Å². The third kappa shape index (κ3) is 3.49. The molecule has 80 valence electrons. The smallest absolute Gasteiger partial charge is 0.102 e. The summed E-state index contributed by atoms with van der Waals surface area (Å²) in [7, 11) is 0. The van der Waals surface area contributed by atoms with Gasteiger partial charge in [0.05, 0.1) is 12.2 Å². The van der Waals surface area contributed by atoms with Crippen LogP contribution in [0.4, 0.5) is 0 Å². The lowest BCUT2D eigenvalue weighted by Crippen LogP contribution is -2.34. The first kappa shape index (κ1) is 11.8. The number of ether oxygens (including phenoxy) is 1.